The van der Waals surface area contributed by atoms with Gasteiger partial charge in [-0.1, -0.05) is 0 Å². The van der Waals surface area contributed by atoms with E-state index in [1.165, 1.54) is 0 Å². The molecule has 0 fully saturated rings. The van der Waals surface area contributed by atoms with Gasteiger partial charge in [-0.25, -0.2) is 0 Å². The molecular weight excluding hydrogens is 195 g/mol. The second-order valence-corrected chi connectivity index (χ2v) is 2.82. The van der Waals surface area contributed by atoms with E-state index in [-0.39, 0.29) is 0 Å². The van der Waals surface area contributed by atoms with Crippen LogP contribution in [0, 0.1) is 0 Å². The first-order chi connectivity index (χ1) is 3.39. The van der Waals surface area contributed by atoms with Crippen molar-refractivity contribution in [2.24, 2.45) is 0 Å². The Kier molecular flexibility index (Phi) is 1.62. The minimum atomic E-state index is 1.06. The summed E-state index contributed by atoms with van der Waals surface area (Å²) in [6.07, 6.45) is 5.17. The zero-order valence-electron chi connectivity index (χ0n) is 3.70. The number of hydrogen-bond acceptors (Lipinski definition) is 2. The first-order valence-electron chi connectivity index (χ1n) is 1.91. The summed E-state index contributed by atoms with van der Waals surface area (Å²) in [5.41, 5.74) is 0. The summed E-state index contributed by atoms with van der Waals surface area (Å²) in [7, 11) is 0. The van der Waals surface area contributed by atoms with Gasteiger partial charge in [-0.05, 0) is 0 Å². The molecule has 0 spiro atoms. The average Bonchev–Trinajstić information content (AvgIpc) is 1.69. The number of hydrogen-bond donors (Lipinski definition) is 0. The Labute approximate surface area is 55.1 Å². The molecule has 0 bridgehead atoms. The van der Waals surface area contributed by atoms with Crippen LogP contribution in [0.1, 0.15) is 0 Å². The van der Waals surface area contributed by atoms with Crippen molar-refractivity contribution in [2.75, 3.05) is 0 Å². The quantitative estimate of drug-likeness (QED) is 0.501. The number of nitrogens with zero attached hydrogens (tertiary/aromatic N) is 2. The summed E-state index contributed by atoms with van der Waals surface area (Å²) < 4.78 is 1.09. The topological polar surface area (TPSA) is 25.8 Å². The molecule has 0 N–H and O–H groups in total. The molecule has 2 nitrogen and oxygen atoms in total. The van der Waals surface area contributed by atoms with Gasteiger partial charge in [-0.2, -0.15) is 0 Å². The molecule has 1 aromatic rings. The molecule has 3 heteroatoms. The molecule has 0 saturated carbocycles. The average molecular weight is 199 g/mol. The van der Waals surface area contributed by atoms with Crippen molar-refractivity contribution in [3.8, 4) is 0 Å². The molecule has 1 heterocycles. The van der Waals surface area contributed by atoms with E-state index in [9.17, 15) is 0 Å². The zero-order chi connectivity index (χ0) is 5.11. The number of rotatable bonds is 0. The molecule has 0 aliphatic rings. The molecule has 0 amide bonds. The van der Waals surface area contributed by atoms with Crippen molar-refractivity contribution in [1.29, 1.82) is 0 Å². The third-order valence-corrected chi connectivity index (χ3v) is 1.43. The third kappa shape index (κ3) is 1.42. The van der Waals surface area contributed by atoms with E-state index in [1.54, 1.807) is 18.6 Å². The maximum absolute atomic E-state index is 3.97. The molecule has 34 valence electrons. The molecule has 0 aliphatic carbocycles. The summed E-state index contributed by atoms with van der Waals surface area (Å²) in [6, 6.07) is 0. The molecule has 1 rings (SSSR count). The predicted molar refractivity (Wildman–Crippen MR) is 28.8 cm³/mol. The van der Waals surface area contributed by atoms with E-state index in [4.69, 9.17) is 0 Å². The van der Waals surface area contributed by atoms with Crippen LogP contribution in [0.5, 0.6) is 0 Å². The molecule has 0 aromatic carbocycles. The van der Waals surface area contributed by atoms with Crippen LogP contribution in [-0.4, -0.2) is 32.5 Å². The molecular formula is C4H4N2Sn. The Balaban J connectivity index is 3.02. The van der Waals surface area contributed by atoms with Gasteiger partial charge in [0, 0.05) is 0 Å². The molecule has 0 unspecified atom stereocenters. The summed E-state index contributed by atoms with van der Waals surface area (Å²) in [5.74, 6) is 0. The summed E-state index contributed by atoms with van der Waals surface area (Å²) in [5, 5.41) is 0. The van der Waals surface area contributed by atoms with Crippen molar-refractivity contribution < 1.29 is 0 Å². The van der Waals surface area contributed by atoms with Crippen LogP contribution in [0.15, 0.2) is 18.6 Å². The van der Waals surface area contributed by atoms with Crippen LogP contribution in [0.4, 0.5) is 0 Å². The fraction of sp³-hybridized carbons (Fsp3) is 0. The van der Waals surface area contributed by atoms with Gasteiger partial charge in [0.05, 0.1) is 0 Å². The van der Waals surface area contributed by atoms with Gasteiger partial charge >= 0.3 is 54.8 Å². The second kappa shape index (κ2) is 2.25. The number of aromatic nitrogens is 2. The summed E-state index contributed by atoms with van der Waals surface area (Å²) in [4.78, 5) is 7.83. The fourth-order valence-corrected chi connectivity index (χ4v) is 0.802. The van der Waals surface area contributed by atoms with Crippen LogP contribution in [-0.2, 0) is 0 Å². The van der Waals surface area contributed by atoms with E-state index in [2.05, 4.69) is 9.97 Å². The molecule has 1 aromatic heterocycles. The van der Waals surface area contributed by atoms with Gasteiger partial charge in [0.25, 0.3) is 0 Å². The van der Waals surface area contributed by atoms with Crippen molar-refractivity contribution in [3.63, 3.8) is 0 Å². The first kappa shape index (κ1) is 5.02. The van der Waals surface area contributed by atoms with E-state index in [0.29, 0.717) is 0 Å². The van der Waals surface area contributed by atoms with Crippen molar-refractivity contribution in [1.82, 2.24) is 9.97 Å². The Morgan fingerprint density at radius 1 is 1.43 bits per heavy atom. The van der Waals surface area contributed by atoms with Gasteiger partial charge < -0.3 is 0 Å². The normalized spacial score (nSPS) is 8.71. The molecule has 0 aliphatic heterocycles. The Morgan fingerprint density at radius 2 is 2.29 bits per heavy atom. The van der Waals surface area contributed by atoms with Gasteiger partial charge in [0.15, 0.2) is 0 Å². The van der Waals surface area contributed by atoms with E-state index < -0.39 is 0 Å². The van der Waals surface area contributed by atoms with Crippen LogP contribution in [0.3, 0.4) is 0 Å². The fourth-order valence-electron chi connectivity index (χ4n) is 0.311. The van der Waals surface area contributed by atoms with Crippen LogP contribution < -0.4 is 3.71 Å². The predicted octanol–water partition coefficient (Wildman–Crippen LogP) is -0.997. The van der Waals surface area contributed by atoms with Gasteiger partial charge in [-0.15, -0.1) is 0 Å². The minimum absolute atomic E-state index is 1.06. The Hall–Kier alpha value is -0.121. The van der Waals surface area contributed by atoms with E-state index in [0.717, 1.165) is 26.2 Å². The van der Waals surface area contributed by atoms with Crippen LogP contribution in [0.2, 0.25) is 0 Å². The van der Waals surface area contributed by atoms with Crippen molar-refractivity contribution in [2.45, 2.75) is 0 Å². The van der Waals surface area contributed by atoms with Crippen LogP contribution in [0.25, 0.3) is 0 Å². The SMILES string of the molecule is [SnH][c]1cnccn1. The van der Waals surface area contributed by atoms with Crippen molar-refractivity contribution in [3.05, 3.63) is 18.6 Å². The third-order valence-electron chi connectivity index (χ3n) is 0.583. The van der Waals surface area contributed by atoms with Crippen LogP contribution >= 0.6 is 0 Å². The zero-order valence-corrected chi connectivity index (χ0v) is 7.00. The Morgan fingerprint density at radius 3 is 2.57 bits per heavy atom. The molecule has 7 heavy (non-hydrogen) atoms. The van der Waals surface area contributed by atoms with E-state index >= 15 is 0 Å². The molecule has 0 atom stereocenters. The van der Waals surface area contributed by atoms with Crippen molar-refractivity contribution >= 4 is 26.2 Å². The van der Waals surface area contributed by atoms with Gasteiger partial charge in [-0.3, -0.25) is 0 Å². The van der Waals surface area contributed by atoms with Gasteiger partial charge in [0.1, 0.15) is 0 Å². The molecule has 2 radical (unpaired) electrons. The summed E-state index contributed by atoms with van der Waals surface area (Å²) in [6.45, 7) is 0. The maximum atomic E-state index is 3.97. The van der Waals surface area contributed by atoms with Gasteiger partial charge in [0.2, 0.25) is 0 Å². The summed E-state index contributed by atoms with van der Waals surface area (Å²) >= 11 is 1.06. The molecule has 0 saturated heterocycles. The first-order valence-corrected chi connectivity index (χ1v) is 3.56. The standard InChI is InChI=1S/C4H3N2.Sn.H/c1-2-6-4-3-5-1;;/h1-3H;;. The second-order valence-electron chi connectivity index (χ2n) is 1.13. The van der Waals surface area contributed by atoms with E-state index in [1.807, 2.05) is 0 Å². The monoisotopic (exact) mass is 200 g/mol. The Bertz CT molecular complexity index is 140.